The Labute approximate surface area is 446 Å². The third kappa shape index (κ3) is 6.60. The molecule has 362 valence electrons. The van der Waals surface area contributed by atoms with Gasteiger partial charge >= 0.3 is 0 Å². The van der Waals surface area contributed by atoms with Crippen molar-refractivity contribution in [2.24, 2.45) is 0 Å². The zero-order valence-corrected chi connectivity index (χ0v) is 42.9. The first-order chi connectivity index (χ1) is 37.8. The highest BCUT2D eigenvalue weighted by atomic mass is 16.5. The third-order valence-electron chi connectivity index (χ3n) is 16.5. The topological polar surface area (TPSA) is 28.3 Å². The van der Waals surface area contributed by atoms with Crippen LogP contribution in [-0.4, -0.2) is 15.8 Å². The van der Waals surface area contributed by atoms with E-state index in [0.717, 1.165) is 84.0 Å². The molecule has 2 aliphatic heterocycles. The molecule has 2 aliphatic rings. The van der Waals surface area contributed by atoms with Crippen LogP contribution in [-0.2, 0) is 5.41 Å². The van der Waals surface area contributed by atoms with E-state index in [4.69, 9.17) is 9.47 Å². The van der Waals surface area contributed by atoms with Gasteiger partial charge < -0.3 is 18.6 Å². The molecule has 4 nitrogen and oxygen atoms in total. The van der Waals surface area contributed by atoms with E-state index in [9.17, 15) is 0 Å². The average molecular weight is 985 g/mol. The lowest BCUT2D eigenvalue weighted by Crippen LogP contribution is -2.57. The molecule has 0 N–H and O–H groups in total. The van der Waals surface area contributed by atoms with E-state index in [1.165, 1.54) is 70.9 Å². The molecule has 0 aliphatic carbocycles. The number of ether oxygens (including phenoxy) is 2. The SMILES string of the molecule is CC(C)(C)c1cc(-c2cc3c4c(c2)Oc2cc(-n5c6ccccc6c6ccccc65)ccc2B4c2ccc(-n4c5ccccc5c5ccccc54)cc2O3)cc(-c2c3ccccc3c(-c3ccccc3)c3ccccc23)c1. The predicted octanol–water partition coefficient (Wildman–Crippen LogP) is 17.2. The molecule has 12 aromatic carbocycles. The summed E-state index contributed by atoms with van der Waals surface area (Å²) in [5.74, 6) is 3.28. The summed E-state index contributed by atoms with van der Waals surface area (Å²) >= 11 is 0. The molecule has 16 rings (SSSR count). The van der Waals surface area contributed by atoms with E-state index in [0.29, 0.717) is 0 Å². The molecule has 0 amide bonds. The molecule has 14 aromatic rings. The normalized spacial score (nSPS) is 12.8. The molecule has 0 radical (unpaired) electrons. The molecule has 0 atom stereocenters. The Balaban J connectivity index is 0.922. The Bertz CT molecular complexity index is 4450. The van der Waals surface area contributed by atoms with Gasteiger partial charge in [0.2, 0.25) is 0 Å². The molecule has 0 unspecified atom stereocenters. The summed E-state index contributed by atoms with van der Waals surface area (Å²) in [4.78, 5) is 0. The summed E-state index contributed by atoms with van der Waals surface area (Å²) in [7, 11) is 0. The minimum Gasteiger partial charge on any atom is -0.458 e. The number of fused-ring (bicyclic) bond motifs is 12. The maximum atomic E-state index is 7.33. The van der Waals surface area contributed by atoms with Gasteiger partial charge in [-0.25, -0.2) is 0 Å². The smallest absolute Gasteiger partial charge is 0.260 e. The first kappa shape index (κ1) is 43.8. The summed E-state index contributed by atoms with van der Waals surface area (Å²) in [6.07, 6.45) is 0. The highest BCUT2D eigenvalue weighted by molar-refractivity contribution is 6.98. The average Bonchev–Trinajstić information content (AvgIpc) is 4.01. The molecule has 2 aromatic heterocycles. The van der Waals surface area contributed by atoms with Crippen molar-refractivity contribution in [1.29, 1.82) is 0 Å². The fraction of sp³-hybridized carbons (Fsp3) is 0.0556. The van der Waals surface area contributed by atoms with Crippen LogP contribution in [0.25, 0.3) is 110 Å². The van der Waals surface area contributed by atoms with Crippen LogP contribution in [0.2, 0.25) is 0 Å². The molecule has 0 saturated heterocycles. The molecule has 0 bridgehead atoms. The first-order valence-electron chi connectivity index (χ1n) is 26.8. The Morgan fingerprint density at radius 1 is 0.312 bits per heavy atom. The van der Waals surface area contributed by atoms with Gasteiger partial charge in [-0.15, -0.1) is 0 Å². The number of hydrogen-bond acceptors (Lipinski definition) is 2. The summed E-state index contributed by atoms with van der Waals surface area (Å²) in [6.45, 7) is 6.80. The molecule has 0 saturated carbocycles. The van der Waals surface area contributed by atoms with Crippen molar-refractivity contribution in [3.8, 4) is 67.8 Å². The summed E-state index contributed by atoms with van der Waals surface area (Å²) < 4.78 is 19.4. The lowest BCUT2D eigenvalue weighted by molar-refractivity contribution is 0.464. The number of nitrogens with zero attached hydrogens (tertiary/aromatic N) is 2. The van der Waals surface area contributed by atoms with Crippen LogP contribution in [0.5, 0.6) is 23.0 Å². The van der Waals surface area contributed by atoms with E-state index in [-0.39, 0.29) is 12.1 Å². The number of rotatable bonds is 5. The lowest BCUT2D eigenvalue weighted by Gasteiger charge is -2.34. The van der Waals surface area contributed by atoms with Crippen LogP contribution in [0.15, 0.2) is 243 Å². The van der Waals surface area contributed by atoms with Gasteiger partial charge in [0.1, 0.15) is 23.0 Å². The van der Waals surface area contributed by atoms with E-state index >= 15 is 0 Å². The van der Waals surface area contributed by atoms with Crippen molar-refractivity contribution in [2.45, 2.75) is 26.2 Å². The van der Waals surface area contributed by atoms with Crippen molar-refractivity contribution in [3.63, 3.8) is 0 Å². The molecule has 5 heteroatoms. The van der Waals surface area contributed by atoms with E-state index in [2.05, 4.69) is 273 Å². The van der Waals surface area contributed by atoms with Crippen LogP contribution in [0.3, 0.4) is 0 Å². The zero-order chi connectivity index (χ0) is 51.1. The summed E-state index contributed by atoms with van der Waals surface area (Å²) in [5.41, 5.74) is 18.1. The maximum absolute atomic E-state index is 7.33. The quantitative estimate of drug-likeness (QED) is 0.127. The van der Waals surface area contributed by atoms with Gasteiger partial charge in [-0.1, -0.05) is 197 Å². The number of para-hydroxylation sites is 4. The van der Waals surface area contributed by atoms with Gasteiger partial charge in [-0.05, 0) is 131 Å². The Morgan fingerprint density at radius 3 is 1.10 bits per heavy atom. The second kappa shape index (κ2) is 16.5. The molecular weight excluding hydrogens is 936 g/mol. The minimum absolute atomic E-state index is 0.140. The first-order valence-corrected chi connectivity index (χ1v) is 26.8. The van der Waals surface area contributed by atoms with E-state index < -0.39 is 0 Å². The van der Waals surface area contributed by atoms with Crippen LogP contribution in [0.4, 0.5) is 0 Å². The fourth-order valence-corrected chi connectivity index (χ4v) is 13.0. The molecular formula is C72H49BN2O2. The van der Waals surface area contributed by atoms with Gasteiger partial charge in [0, 0.05) is 50.5 Å². The van der Waals surface area contributed by atoms with Crippen LogP contribution < -0.4 is 25.9 Å². The highest BCUT2D eigenvalue weighted by Gasteiger charge is 2.41. The molecule has 0 fully saturated rings. The second-order valence-electron chi connectivity index (χ2n) is 22.0. The van der Waals surface area contributed by atoms with Crippen LogP contribution in [0, 0.1) is 0 Å². The molecule has 0 spiro atoms. The van der Waals surface area contributed by atoms with E-state index in [1.807, 2.05) is 0 Å². The second-order valence-corrected chi connectivity index (χ2v) is 22.0. The Kier molecular flexibility index (Phi) is 9.36. The Hall–Kier alpha value is -9.58. The lowest BCUT2D eigenvalue weighted by atomic mass is 9.35. The van der Waals surface area contributed by atoms with Gasteiger partial charge in [-0.2, -0.15) is 0 Å². The van der Waals surface area contributed by atoms with Gasteiger partial charge in [0.25, 0.3) is 6.71 Å². The summed E-state index contributed by atoms with van der Waals surface area (Å²) in [6, 6.07) is 88.8. The minimum atomic E-state index is -0.161. The Morgan fingerprint density at radius 2 is 0.675 bits per heavy atom. The van der Waals surface area contributed by atoms with Gasteiger partial charge in [0.15, 0.2) is 0 Å². The molecule has 77 heavy (non-hydrogen) atoms. The van der Waals surface area contributed by atoms with E-state index in [1.54, 1.807) is 0 Å². The van der Waals surface area contributed by atoms with Gasteiger partial charge in [0.05, 0.1) is 22.1 Å². The van der Waals surface area contributed by atoms with Crippen molar-refractivity contribution in [1.82, 2.24) is 9.13 Å². The fourth-order valence-electron chi connectivity index (χ4n) is 13.0. The monoisotopic (exact) mass is 984 g/mol. The molecule has 4 heterocycles. The number of hydrogen-bond donors (Lipinski definition) is 0. The predicted molar refractivity (Wildman–Crippen MR) is 323 cm³/mol. The van der Waals surface area contributed by atoms with Crippen LogP contribution >= 0.6 is 0 Å². The zero-order valence-electron chi connectivity index (χ0n) is 42.9. The van der Waals surface area contributed by atoms with Crippen molar-refractivity contribution < 1.29 is 9.47 Å². The highest BCUT2D eigenvalue weighted by Crippen LogP contribution is 2.47. The summed E-state index contributed by atoms with van der Waals surface area (Å²) in [5, 5.41) is 9.82. The number of benzene rings is 12. The van der Waals surface area contributed by atoms with Gasteiger partial charge in [-0.3, -0.25) is 0 Å². The van der Waals surface area contributed by atoms with Crippen molar-refractivity contribution in [3.05, 3.63) is 248 Å². The largest absolute Gasteiger partial charge is 0.458 e. The number of aromatic nitrogens is 2. The maximum Gasteiger partial charge on any atom is 0.260 e. The van der Waals surface area contributed by atoms with Crippen molar-refractivity contribution in [2.75, 3.05) is 0 Å². The third-order valence-corrected chi connectivity index (χ3v) is 16.5. The standard InChI is InChI=1S/C72H49BN2O2/c1-72(2,3)48-38-45(37-47(39-48)70-57-27-9-7-25-55(57)69(44-19-5-4-6-20-44)56-26-8-10-28-58(56)70)46-40-67-71-68(41-46)77-66-43-50(75-63-31-17-13-23-53(63)54-24-14-18-32-64(54)75)34-36-60(66)73(71)59-35-33-49(42-65(59)76-67)74-61-29-15-11-21-51(61)52-22-12-16-30-62(52)74/h4-43H,1-3H3. The van der Waals surface area contributed by atoms with Crippen LogP contribution in [0.1, 0.15) is 26.3 Å². The van der Waals surface area contributed by atoms with Crippen molar-refractivity contribution >= 4 is 88.3 Å².